The molecule has 0 N–H and O–H groups in total. The maximum Gasteiger partial charge on any atom is 0.303 e. The maximum absolute atomic E-state index is 11.5. The molecule has 0 unspecified atom stereocenters. The molecule has 0 radical (unpaired) electrons. The van der Waals surface area contributed by atoms with Gasteiger partial charge in [-0.2, -0.15) is 0 Å². The van der Waals surface area contributed by atoms with Crippen LogP contribution in [0.1, 0.15) is 20.3 Å². The van der Waals surface area contributed by atoms with E-state index < -0.39 is 27.6 Å². The fraction of sp³-hybridized carbons (Fsp3) is 0.526. The van der Waals surface area contributed by atoms with E-state index in [1.807, 2.05) is 13.0 Å². The van der Waals surface area contributed by atoms with Crippen molar-refractivity contribution in [3.63, 3.8) is 0 Å². The summed E-state index contributed by atoms with van der Waals surface area (Å²) >= 11 is 0. The van der Waals surface area contributed by atoms with Gasteiger partial charge in [-0.25, -0.2) is 0 Å². The monoisotopic (exact) mass is 362 g/mol. The van der Waals surface area contributed by atoms with Gasteiger partial charge in [0.1, 0.15) is 11.2 Å². The van der Waals surface area contributed by atoms with Gasteiger partial charge in [-0.1, -0.05) is 61.7 Å². The van der Waals surface area contributed by atoms with E-state index in [1.54, 1.807) is 0 Å². The van der Waals surface area contributed by atoms with Crippen LogP contribution in [0.4, 0.5) is 0 Å². The van der Waals surface area contributed by atoms with Gasteiger partial charge < -0.3 is 9.16 Å². The zero-order valence-corrected chi connectivity index (χ0v) is 18.0. The first-order valence-corrected chi connectivity index (χ1v) is 15.0. The Kier molecular flexibility index (Phi) is 5.01. The van der Waals surface area contributed by atoms with E-state index in [2.05, 4.69) is 68.8 Å². The zero-order chi connectivity index (χ0) is 18.2. The number of carbonyl (C=O) groups is 1. The second kappa shape index (κ2) is 6.28. The van der Waals surface area contributed by atoms with Crippen LogP contribution in [-0.2, 0) is 14.0 Å². The van der Waals surface area contributed by atoms with E-state index >= 15 is 0 Å². The number of hydrogen-bond donors (Lipinski definition) is 0. The summed E-state index contributed by atoms with van der Waals surface area (Å²) in [6, 6.07) is 10.4. The van der Waals surface area contributed by atoms with Crippen molar-refractivity contribution in [3.8, 4) is 0 Å². The number of hydrogen-bond acceptors (Lipinski definition) is 3. The zero-order valence-electron chi connectivity index (χ0n) is 16.0. The van der Waals surface area contributed by atoms with Crippen molar-refractivity contribution < 1.29 is 14.0 Å². The molecule has 0 heterocycles. The number of rotatable bonds is 6. The van der Waals surface area contributed by atoms with Crippen LogP contribution < -0.4 is 5.19 Å². The Morgan fingerprint density at radius 2 is 1.71 bits per heavy atom. The lowest BCUT2D eigenvalue weighted by Crippen LogP contribution is -2.50. The molecule has 5 heteroatoms. The topological polar surface area (TPSA) is 35.5 Å². The Bertz CT molecular complexity index is 634. The molecule has 0 amide bonds. The lowest BCUT2D eigenvalue weighted by Gasteiger charge is -2.31. The molecule has 1 aromatic carbocycles. The van der Waals surface area contributed by atoms with Crippen LogP contribution >= 0.6 is 0 Å². The summed E-state index contributed by atoms with van der Waals surface area (Å²) in [6.07, 6.45) is 2.91. The summed E-state index contributed by atoms with van der Waals surface area (Å²) in [5.41, 5.74) is 1.25. The molecule has 24 heavy (non-hydrogen) atoms. The molecule has 1 aliphatic rings. The summed E-state index contributed by atoms with van der Waals surface area (Å²) in [7, 11) is -3.49. The smallest absolute Gasteiger partial charge is 0.303 e. The van der Waals surface area contributed by atoms with E-state index in [9.17, 15) is 4.79 Å². The van der Waals surface area contributed by atoms with Crippen LogP contribution in [0.2, 0.25) is 32.7 Å². The largest absolute Gasteiger partial charge is 0.456 e. The second-order valence-corrected chi connectivity index (χ2v) is 17.4. The molecule has 132 valence electrons. The first-order chi connectivity index (χ1) is 10.9. The van der Waals surface area contributed by atoms with Crippen LogP contribution in [0, 0.1) is 0 Å². The molecule has 1 aromatic rings. The summed E-state index contributed by atoms with van der Waals surface area (Å²) in [5, 5.41) is 1.25. The molecule has 0 spiro atoms. The van der Waals surface area contributed by atoms with Gasteiger partial charge in [-0.3, -0.25) is 4.79 Å². The summed E-state index contributed by atoms with van der Waals surface area (Å²) in [6.45, 7) is 14.8. The molecular weight excluding hydrogens is 332 g/mol. The normalized spacial score (nSPS) is 27.3. The molecule has 1 fully saturated rings. The quantitative estimate of drug-likeness (QED) is 0.566. The fourth-order valence-electron chi connectivity index (χ4n) is 3.05. The highest BCUT2D eigenvalue weighted by molar-refractivity contribution is 6.84. The fourth-order valence-corrected chi connectivity index (χ4v) is 6.20. The van der Waals surface area contributed by atoms with Gasteiger partial charge >= 0.3 is 5.97 Å². The number of carbonyl (C=O) groups excluding carboxylic acids is 1. The van der Waals surface area contributed by atoms with Crippen LogP contribution in [0.5, 0.6) is 0 Å². The lowest BCUT2D eigenvalue weighted by molar-refractivity contribution is -0.150. The third-order valence-corrected chi connectivity index (χ3v) is 8.26. The van der Waals surface area contributed by atoms with Gasteiger partial charge in [0.25, 0.3) is 0 Å². The Balaban J connectivity index is 2.32. The van der Waals surface area contributed by atoms with E-state index in [4.69, 9.17) is 9.16 Å². The van der Waals surface area contributed by atoms with Gasteiger partial charge in [0.2, 0.25) is 8.32 Å². The van der Waals surface area contributed by atoms with Crippen molar-refractivity contribution >= 4 is 27.5 Å². The first kappa shape index (κ1) is 19.2. The van der Waals surface area contributed by atoms with Gasteiger partial charge in [0, 0.05) is 13.3 Å². The van der Waals surface area contributed by atoms with Crippen molar-refractivity contribution in [2.24, 2.45) is 0 Å². The number of esters is 1. The van der Waals surface area contributed by atoms with Crippen molar-refractivity contribution in [2.75, 3.05) is 0 Å². The molecule has 3 nitrogen and oxygen atoms in total. The Labute approximate surface area is 148 Å². The Hall–Kier alpha value is -1.18. The SMILES string of the molecule is CC(=O)O[C@]1(C)C[C@@]1(/C=C/[Si](C)(C)C)O[Si](C)(C)c1ccccc1. The van der Waals surface area contributed by atoms with E-state index in [1.165, 1.54) is 12.1 Å². The minimum atomic E-state index is -2.12. The van der Waals surface area contributed by atoms with E-state index in [0.29, 0.717) is 0 Å². The average molecular weight is 363 g/mol. The molecule has 2 rings (SSSR count). The van der Waals surface area contributed by atoms with E-state index in [-0.39, 0.29) is 5.97 Å². The molecule has 1 saturated carbocycles. The van der Waals surface area contributed by atoms with Crippen LogP contribution in [-0.4, -0.2) is 33.6 Å². The summed E-state index contributed by atoms with van der Waals surface area (Å²) < 4.78 is 12.4. The highest BCUT2D eigenvalue weighted by Gasteiger charge is 2.69. The third kappa shape index (κ3) is 4.26. The second-order valence-electron chi connectivity index (χ2n) is 8.57. The van der Waals surface area contributed by atoms with Gasteiger partial charge in [0.05, 0.1) is 8.07 Å². The van der Waals surface area contributed by atoms with Gasteiger partial charge in [0.15, 0.2) is 0 Å². The van der Waals surface area contributed by atoms with Crippen molar-refractivity contribution in [1.82, 2.24) is 0 Å². The van der Waals surface area contributed by atoms with Crippen molar-refractivity contribution in [2.45, 2.75) is 64.2 Å². The number of ether oxygens (including phenoxy) is 1. The highest BCUT2D eigenvalue weighted by atomic mass is 28.4. The molecule has 0 saturated heterocycles. The van der Waals surface area contributed by atoms with Crippen LogP contribution in [0.25, 0.3) is 0 Å². The van der Waals surface area contributed by atoms with Crippen LogP contribution in [0.15, 0.2) is 42.1 Å². The molecule has 0 aromatic heterocycles. The Morgan fingerprint density at radius 1 is 1.12 bits per heavy atom. The minimum absolute atomic E-state index is 0.247. The predicted molar refractivity (Wildman–Crippen MR) is 105 cm³/mol. The predicted octanol–water partition coefficient (Wildman–Crippen LogP) is 4.01. The summed E-state index contributed by atoms with van der Waals surface area (Å²) in [4.78, 5) is 11.5. The lowest BCUT2D eigenvalue weighted by atomic mass is 10.2. The van der Waals surface area contributed by atoms with E-state index in [0.717, 1.165) is 6.42 Å². The Morgan fingerprint density at radius 3 is 2.21 bits per heavy atom. The summed E-state index contributed by atoms with van der Waals surface area (Å²) in [5.74, 6) is -0.247. The maximum atomic E-state index is 11.5. The molecule has 0 aliphatic heterocycles. The van der Waals surface area contributed by atoms with Crippen LogP contribution in [0.3, 0.4) is 0 Å². The first-order valence-electron chi connectivity index (χ1n) is 8.55. The minimum Gasteiger partial charge on any atom is -0.456 e. The number of benzene rings is 1. The van der Waals surface area contributed by atoms with Crippen molar-refractivity contribution in [1.29, 1.82) is 0 Å². The molecule has 2 atom stereocenters. The van der Waals surface area contributed by atoms with Gasteiger partial charge in [-0.15, -0.1) is 0 Å². The molecular formula is C19H30O3Si2. The molecule has 1 aliphatic carbocycles. The molecule has 0 bridgehead atoms. The van der Waals surface area contributed by atoms with Crippen molar-refractivity contribution in [3.05, 3.63) is 42.1 Å². The average Bonchev–Trinajstić information content (AvgIpc) is 2.99. The van der Waals surface area contributed by atoms with Gasteiger partial charge in [-0.05, 0) is 25.2 Å². The highest BCUT2D eigenvalue weighted by Crippen LogP contribution is 2.56. The standard InChI is InChI=1S/C19H30O3Si2/c1-16(20)21-18(2)15-19(18,13-14-23(3,4)5)22-24(6,7)17-11-9-8-10-12-17/h8-14H,15H2,1-7H3/b14-13+/t18-,19-/m1/s1. The third-order valence-electron chi connectivity index (χ3n) is 4.50.